The molecule has 1 aromatic carbocycles. The summed E-state index contributed by atoms with van der Waals surface area (Å²) >= 11 is 6.99. The van der Waals surface area contributed by atoms with Gasteiger partial charge in [0, 0.05) is 63.7 Å². The van der Waals surface area contributed by atoms with Crippen molar-refractivity contribution in [2.45, 2.75) is 89.8 Å². The molecular weight excluding hydrogens is 638 g/mol. The molecule has 2 saturated heterocycles. The van der Waals surface area contributed by atoms with Crippen LogP contribution in [0, 0.1) is 0 Å². The Balaban J connectivity index is 1.40. The topological polar surface area (TPSA) is 118 Å². The zero-order chi connectivity index (χ0) is 33.8. The van der Waals surface area contributed by atoms with Gasteiger partial charge in [0.15, 0.2) is 5.65 Å². The largest absolute Gasteiger partial charge is 0.444 e. The second kappa shape index (κ2) is 12.6. The highest BCUT2D eigenvalue weighted by Gasteiger charge is 2.42. The number of hydrogen-bond donors (Lipinski definition) is 1. The SMILES string of the molecule is Cn1cc2c(Cl)c(-c3cn(COCC[Si](C)(C)C)c4nc(N5C6COCC5CC(NC(=O)OC(C)(C)C)C6)n(C)c(=O)c34)ccc2n1. The molecule has 1 N–H and O–H groups in total. The summed E-state index contributed by atoms with van der Waals surface area (Å²) in [6.45, 7) is 14.3. The van der Waals surface area contributed by atoms with Crippen LogP contribution in [0.15, 0.2) is 29.3 Å². The maximum Gasteiger partial charge on any atom is 0.407 e. The van der Waals surface area contributed by atoms with Gasteiger partial charge in [-0.15, -0.1) is 0 Å². The fourth-order valence-electron chi connectivity index (χ4n) is 6.60. The molecular formula is C33H46ClN7O5Si. The third-order valence-electron chi connectivity index (χ3n) is 8.80. The first-order valence-corrected chi connectivity index (χ1v) is 20.3. The van der Waals surface area contributed by atoms with Crippen molar-refractivity contribution in [3.05, 3.63) is 39.9 Å². The van der Waals surface area contributed by atoms with E-state index in [4.69, 9.17) is 30.8 Å². The number of hydrogen-bond acceptors (Lipinski definition) is 8. The summed E-state index contributed by atoms with van der Waals surface area (Å²) in [5.74, 6) is 0.568. The van der Waals surface area contributed by atoms with E-state index in [9.17, 15) is 9.59 Å². The number of ether oxygens (including phenoxy) is 3. The van der Waals surface area contributed by atoms with Gasteiger partial charge >= 0.3 is 6.09 Å². The van der Waals surface area contributed by atoms with E-state index < -0.39 is 19.8 Å². The third kappa shape index (κ3) is 6.94. The number of rotatable bonds is 8. The van der Waals surface area contributed by atoms with Gasteiger partial charge in [-0.05, 0) is 45.7 Å². The predicted octanol–water partition coefficient (Wildman–Crippen LogP) is 5.52. The summed E-state index contributed by atoms with van der Waals surface area (Å²) in [4.78, 5) is 34.4. The van der Waals surface area contributed by atoms with Crippen LogP contribution in [0.5, 0.6) is 0 Å². The Morgan fingerprint density at radius 3 is 2.47 bits per heavy atom. The lowest BCUT2D eigenvalue weighted by molar-refractivity contribution is 0.0266. The fraction of sp³-hybridized carbons (Fsp3) is 0.576. The molecule has 6 rings (SSSR count). The van der Waals surface area contributed by atoms with Crippen LogP contribution in [-0.4, -0.2) is 81.6 Å². The smallest absolute Gasteiger partial charge is 0.407 e. The van der Waals surface area contributed by atoms with E-state index in [2.05, 4.69) is 35.0 Å². The molecule has 0 radical (unpaired) electrons. The fourth-order valence-corrected chi connectivity index (χ4v) is 7.67. The molecule has 254 valence electrons. The number of aryl methyl sites for hydroxylation is 1. The van der Waals surface area contributed by atoms with Crippen LogP contribution < -0.4 is 15.8 Å². The minimum absolute atomic E-state index is 0.0828. The summed E-state index contributed by atoms with van der Waals surface area (Å²) in [5, 5.41) is 9.38. The van der Waals surface area contributed by atoms with E-state index in [1.54, 1.807) is 16.3 Å². The minimum Gasteiger partial charge on any atom is -0.444 e. The molecule has 0 saturated carbocycles. The van der Waals surface area contributed by atoms with Gasteiger partial charge in [0.05, 0.1) is 41.2 Å². The Morgan fingerprint density at radius 1 is 1.11 bits per heavy atom. The molecule has 0 aliphatic carbocycles. The van der Waals surface area contributed by atoms with E-state index in [0.29, 0.717) is 60.2 Å². The van der Waals surface area contributed by atoms with E-state index in [1.165, 1.54) is 0 Å². The number of alkyl carbamates (subject to hydrolysis) is 1. The molecule has 4 aromatic rings. The summed E-state index contributed by atoms with van der Waals surface area (Å²) in [7, 11) is 2.33. The highest BCUT2D eigenvalue weighted by atomic mass is 35.5. The number of anilines is 1. The number of carbonyl (C=O) groups excluding carboxylic acids is 1. The van der Waals surface area contributed by atoms with Crippen LogP contribution >= 0.6 is 11.6 Å². The average Bonchev–Trinajstić information content (AvgIpc) is 3.51. The number of nitrogens with zero attached hydrogens (tertiary/aromatic N) is 6. The lowest BCUT2D eigenvalue weighted by Gasteiger charge is -2.49. The molecule has 2 unspecified atom stereocenters. The number of carbonyl (C=O) groups is 1. The van der Waals surface area contributed by atoms with E-state index in [-0.39, 0.29) is 30.4 Å². The first-order chi connectivity index (χ1) is 22.1. The zero-order valence-electron chi connectivity index (χ0n) is 28.6. The molecule has 47 heavy (non-hydrogen) atoms. The molecule has 2 aliphatic heterocycles. The van der Waals surface area contributed by atoms with Crippen molar-refractivity contribution in [2.75, 3.05) is 24.7 Å². The molecule has 0 spiro atoms. The van der Waals surface area contributed by atoms with E-state index in [0.717, 1.165) is 22.5 Å². The monoisotopic (exact) mass is 683 g/mol. The summed E-state index contributed by atoms with van der Waals surface area (Å²) < 4.78 is 23.0. The second-order valence-electron chi connectivity index (χ2n) is 15.1. The van der Waals surface area contributed by atoms with Gasteiger partial charge in [-0.25, -0.2) is 4.79 Å². The van der Waals surface area contributed by atoms with Crippen LogP contribution in [0.2, 0.25) is 30.7 Å². The molecule has 2 fully saturated rings. The first-order valence-electron chi connectivity index (χ1n) is 16.2. The minimum atomic E-state index is -1.30. The van der Waals surface area contributed by atoms with Crippen molar-refractivity contribution in [3.63, 3.8) is 0 Å². The summed E-state index contributed by atoms with van der Waals surface area (Å²) in [6, 6.07) is 4.61. The highest BCUT2D eigenvalue weighted by Crippen LogP contribution is 2.39. The molecule has 5 heterocycles. The maximum atomic E-state index is 14.4. The first kappa shape index (κ1) is 33.5. The Bertz CT molecular complexity index is 1860. The van der Waals surface area contributed by atoms with Crippen molar-refractivity contribution in [2.24, 2.45) is 14.1 Å². The number of fused-ring (bicyclic) bond motifs is 4. The van der Waals surface area contributed by atoms with Crippen molar-refractivity contribution in [3.8, 4) is 11.1 Å². The van der Waals surface area contributed by atoms with Gasteiger partial charge in [-0.1, -0.05) is 37.3 Å². The average molecular weight is 684 g/mol. The molecule has 12 nitrogen and oxygen atoms in total. The molecule has 2 aliphatic rings. The van der Waals surface area contributed by atoms with Crippen LogP contribution in [0.4, 0.5) is 10.7 Å². The van der Waals surface area contributed by atoms with Crippen LogP contribution in [0.1, 0.15) is 33.6 Å². The normalized spacial score (nSPS) is 20.3. The Kier molecular flexibility index (Phi) is 8.96. The Morgan fingerprint density at radius 2 is 1.81 bits per heavy atom. The Hall–Kier alpha value is -3.39. The summed E-state index contributed by atoms with van der Waals surface area (Å²) in [5.41, 5.74) is 2.02. The van der Waals surface area contributed by atoms with Crippen LogP contribution in [0.3, 0.4) is 0 Å². The molecule has 3 aromatic heterocycles. The van der Waals surface area contributed by atoms with Gasteiger partial charge < -0.3 is 29.0 Å². The number of aromatic nitrogens is 5. The van der Waals surface area contributed by atoms with Crippen molar-refractivity contribution in [1.82, 2.24) is 29.2 Å². The zero-order valence-corrected chi connectivity index (χ0v) is 30.3. The third-order valence-corrected chi connectivity index (χ3v) is 10.9. The van der Waals surface area contributed by atoms with Crippen molar-refractivity contribution in [1.29, 1.82) is 0 Å². The van der Waals surface area contributed by atoms with E-state index >= 15 is 0 Å². The second-order valence-corrected chi connectivity index (χ2v) is 21.1. The quantitative estimate of drug-likeness (QED) is 0.191. The number of nitrogens with one attached hydrogen (secondary N) is 1. The van der Waals surface area contributed by atoms with E-state index in [1.807, 2.05) is 56.9 Å². The van der Waals surface area contributed by atoms with Gasteiger partial charge in [0.25, 0.3) is 5.56 Å². The van der Waals surface area contributed by atoms with Gasteiger partial charge in [-0.3, -0.25) is 14.0 Å². The molecule has 1 amide bonds. The number of halogens is 1. The van der Waals surface area contributed by atoms with Crippen LogP contribution in [0.25, 0.3) is 33.1 Å². The highest BCUT2D eigenvalue weighted by molar-refractivity contribution is 6.76. The Labute approximate surface area is 280 Å². The number of benzene rings is 1. The number of morpholine rings is 1. The number of amides is 1. The molecule has 14 heteroatoms. The summed E-state index contributed by atoms with van der Waals surface area (Å²) in [6.07, 6.45) is 4.66. The van der Waals surface area contributed by atoms with Crippen LogP contribution in [-0.2, 0) is 35.0 Å². The van der Waals surface area contributed by atoms with Gasteiger partial charge in [-0.2, -0.15) is 10.1 Å². The maximum absolute atomic E-state index is 14.4. The lowest BCUT2D eigenvalue weighted by atomic mass is 9.90. The predicted molar refractivity (Wildman–Crippen MR) is 187 cm³/mol. The lowest BCUT2D eigenvalue weighted by Crippen LogP contribution is -2.62. The molecule has 2 atom stereocenters. The van der Waals surface area contributed by atoms with Gasteiger partial charge in [0.1, 0.15) is 12.3 Å². The number of piperidine rings is 1. The standard InChI is InChI=1S/C33H46ClN7O5Si/c1-33(2,3)46-32(43)35-20-13-21-17-45-18-22(14-20)41(21)31-36-29-27(30(42)39(31)5)24(16-40(29)19-44-11-12-47(6,7)8)23-9-10-26-25(28(23)34)15-38(4)37-26/h9-10,15-16,20-22H,11-14,17-19H2,1-8H3,(H,35,43). The van der Waals surface area contributed by atoms with Crippen molar-refractivity contribution >= 4 is 53.7 Å². The van der Waals surface area contributed by atoms with Gasteiger partial charge in [0.2, 0.25) is 5.95 Å². The molecule has 2 bridgehead atoms. The van der Waals surface area contributed by atoms with Crippen molar-refractivity contribution < 1.29 is 19.0 Å².